The second-order valence-corrected chi connectivity index (χ2v) is 5.51. The van der Waals surface area contributed by atoms with E-state index in [0.717, 1.165) is 18.1 Å². The van der Waals surface area contributed by atoms with Crippen LogP contribution in [0.3, 0.4) is 0 Å². The molecule has 1 amide bonds. The molecule has 0 spiro atoms. The summed E-state index contributed by atoms with van der Waals surface area (Å²) in [5.41, 5.74) is 3.73. The lowest BCUT2D eigenvalue weighted by molar-refractivity contribution is 0.0925. The van der Waals surface area contributed by atoms with E-state index in [9.17, 15) is 4.79 Å². The number of nitrogens with one attached hydrogen (secondary N) is 1. The number of carbonyl (C=O) groups excluding carboxylic acids is 1. The lowest BCUT2D eigenvalue weighted by Gasteiger charge is -2.11. The minimum atomic E-state index is -0.286. The number of hydrogen-bond donors (Lipinski definition) is 1. The molecule has 2 aliphatic rings. The molecule has 3 rings (SSSR count). The summed E-state index contributed by atoms with van der Waals surface area (Å²) in [4.78, 5) is 11.7. The zero-order valence-electron chi connectivity index (χ0n) is 9.28. The highest BCUT2D eigenvalue weighted by molar-refractivity contribution is 9.10. The van der Waals surface area contributed by atoms with Crippen LogP contribution in [0, 0.1) is 11.8 Å². The van der Waals surface area contributed by atoms with Gasteiger partial charge in [-0.1, -0.05) is 0 Å². The summed E-state index contributed by atoms with van der Waals surface area (Å²) in [5, 5.41) is 4.23. The van der Waals surface area contributed by atoms with Crippen LogP contribution >= 0.6 is 15.9 Å². The highest BCUT2D eigenvalue weighted by atomic mass is 79.9. The molecule has 2 aliphatic carbocycles. The smallest absolute Gasteiger partial charge is 0.307 e. The molecule has 5 heteroatoms. The van der Waals surface area contributed by atoms with Gasteiger partial charge in [-0.05, 0) is 65.6 Å². The Bertz CT molecular complexity index is 481. The minimum Gasteiger partial charge on any atom is -0.444 e. The summed E-state index contributed by atoms with van der Waals surface area (Å²) >= 11 is 3.16. The first-order chi connectivity index (χ1) is 8.22. The Morgan fingerprint density at radius 3 is 2.94 bits per heavy atom. The van der Waals surface area contributed by atoms with Crippen molar-refractivity contribution in [1.29, 1.82) is 0 Å². The van der Waals surface area contributed by atoms with Gasteiger partial charge in [-0.25, -0.2) is 5.43 Å². The molecule has 1 aromatic heterocycles. The molecule has 1 heterocycles. The number of hydrogen-bond acceptors (Lipinski definition) is 3. The standard InChI is InChI=1S/C12H13BrN2O2/c13-11-4-3-10(17-11)12(16)15-14-9-6-7-1-2-8(9)5-7/h3-4,7-8H,1-2,5-6H2,(H,15,16)/b14-9-. The third-order valence-corrected chi connectivity index (χ3v) is 4.03. The zero-order chi connectivity index (χ0) is 11.8. The van der Waals surface area contributed by atoms with Gasteiger partial charge in [-0.15, -0.1) is 0 Å². The van der Waals surface area contributed by atoms with Gasteiger partial charge in [0.05, 0.1) is 0 Å². The average Bonchev–Trinajstić information content (AvgIpc) is 3.01. The second kappa shape index (κ2) is 4.29. The van der Waals surface area contributed by atoms with Crippen LogP contribution in [-0.2, 0) is 0 Å². The van der Waals surface area contributed by atoms with E-state index in [1.165, 1.54) is 19.3 Å². The van der Waals surface area contributed by atoms with E-state index in [1.807, 2.05) is 0 Å². The van der Waals surface area contributed by atoms with Gasteiger partial charge in [0, 0.05) is 5.71 Å². The molecule has 17 heavy (non-hydrogen) atoms. The third kappa shape index (κ3) is 2.16. The summed E-state index contributed by atoms with van der Waals surface area (Å²) in [7, 11) is 0. The van der Waals surface area contributed by atoms with Crippen LogP contribution in [0.25, 0.3) is 0 Å². The minimum absolute atomic E-state index is 0.282. The maximum absolute atomic E-state index is 11.7. The van der Waals surface area contributed by atoms with Crippen LogP contribution in [0.2, 0.25) is 0 Å². The molecule has 1 N–H and O–H groups in total. The monoisotopic (exact) mass is 296 g/mol. The number of rotatable bonds is 2. The van der Waals surface area contributed by atoms with Crippen LogP contribution in [0.5, 0.6) is 0 Å². The summed E-state index contributed by atoms with van der Waals surface area (Å²) in [6.07, 6.45) is 4.85. The molecule has 1 aromatic rings. The van der Waals surface area contributed by atoms with E-state index >= 15 is 0 Å². The summed E-state index contributed by atoms with van der Waals surface area (Å²) in [6, 6.07) is 3.32. The number of nitrogens with zero attached hydrogens (tertiary/aromatic N) is 1. The molecule has 90 valence electrons. The first-order valence-electron chi connectivity index (χ1n) is 5.84. The van der Waals surface area contributed by atoms with E-state index in [1.54, 1.807) is 12.1 Å². The fourth-order valence-electron chi connectivity index (χ4n) is 2.78. The first kappa shape index (κ1) is 11.0. The van der Waals surface area contributed by atoms with Crippen molar-refractivity contribution in [3.8, 4) is 0 Å². The molecule has 0 aromatic carbocycles. The number of halogens is 1. The second-order valence-electron chi connectivity index (χ2n) is 4.73. The Hall–Kier alpha value is -1.10. The molecule has 4 nitrogen and oxygen atoms in total. The van der Waals surface area contributed by atoms with Crippen LogP contribution in [0.4, 0.5) is 0 Å². The van der Waals surface area contributed by atoms with Gasteiger partial charge in [0.25, 0.3) is 0 Å². The van der Waals surface area contributed by atoms with E-state index in [2.05, 4.69) is 26.5 Å². The maximum atomic E-state index is 11.7. The lowest BCUT2D eigenvalue weighted by atomic mass is 9.99. The molecule has 2 saturated carbocycles. The fraction of sp³-hybridized carbons (Fsp3) is 0.500. The highest BCUT2D eigenvalue weighted by Gasteiger charge is 2.36. The van der Waals surface area contributed by atoms with Gasteiger partial charge in [-0.2, -0.15) is 5.10 Å². The normalized spacial score (nSPS) is 28.9. The van der Waals surface area contributed by atoms with Gasteiger partial charge in [0.2, 0.25) is 0 Å². The molecular formula is C12H13BrN2O2. The largest absolute Gasteiger partial charge is 0.444 e. The fourth-order valence-corrected chi connectivity index (χ4v) is 3.08. The summed E-state index contributed by atoms with van der Waals surface area (Å²) in [5.74, 6) is 1.40. The van der Waals surface area contributed by atoms with Crippen molar-refractivity contribution < 1.29 is 9.21 Å². The Balaban J connectivity index is 1.64. The Morgan fingerprint density at radius 1 is 1.47 bits per heavy atom. The number of furan rings is 1. The quantitative estimate of drug-likeness (QED) is 0.853. The Morgan fingerprint density at radius 2 is 2.35 bits per heavy atom. The predicted octanol–water partition coefficient (Wildman–Crippen LogP) is 2.95. The van der Waals surface area contributed by atoms with E-state index in [0.29, 0.717) is 10.6 Å². The molecule has 2 bridgehead atoms. The molecule has 0 saturated heterocycles. The van der Waals surface area contributed by atoms with Gasteiger partial charge < -0.3 is 4.42 Å². The summed E-state index contributed by atoms with van der Waals surface area (Å²) < 4.78 is 5.71. The molecule has 0 aliphatic heterocycles. The van der Waals surface area contributed by atoms with Gasteiger partial charge >= 0.3 is 5.91 Å². The third-order valence-electron chi connectivity index (χ3n) is 3.61. The van der Waals surface area contributed by atoms with E-state index in [-0.39, 0.29) is 11.7 Å². The molecule has 0 radical (unpaired) electrons. The first-order valence-corrected chi connectivity index (χ1v) is 6.64. The van der Waals surface area contributed by atoms with Crippen molar-refractivity contribution in [3.63, 3.8) is 0 Å². The van der Waals surface area contributed by atoms with Crippen LogP contribution in [0.1, 0.15) is 36.2 Å². The summed E-state index contributed by atoms with van der Waals surface area (Å²) in [6.45, 7) is 0. The van der Waals surface area contributed by atoms with Gasteiger partial charge in [0.1, 0.15) is 0 Å². The highest BCUT2D eigenvalue weighted by Crippen LogP contribution is 2.42. The predicted molar refractivity (Wildman–Crippen MR) is 66.8 cm³/mol. The van der Waals surface area contributed by atoms with Crippen molar-refractivity contribution in [1.82, 2.24) is 5.43 Å². The SMILES string of the molecule is O=C(N/N=C1/CC2CCC1C2)c1ccc(Br)o1. The maximum Gasteiger partial charge on any atom is 0.307 e. The number of carbonyl (C=O) groups is 1. The van der Waals surface area contributed by atoms with Crippen molar-refractivity contribution >= 4 is 27.5 Å². The Kier molecular flexibility index (Phi) is 2.78. The number of fused-ring (bicyclic) bond motifs is 2. The average molecular weight is 297 g/mol. The van der Waals surface area contributed by atoms with Crippen molar-refractivity contribution in [2.24, 2.45) is 16.9 Å². The van der Waals surface area contributed by atoms with Gasteiger partial charge in [0.15, 0.2) is 10.4 Å². The molecular weight excluding hydrogens is 284 g/mol. The molecule has 2 atom stereocenters. The lowest BCUT2D eigenvalue weighted by Crippen LogP contribution is -2.21. The van der Waals surface area contributed by atoms with Crippen LogP contribution in [0.15, 0.2) is 26.3 Å². The van der Waals surface area contributed by atoms with E-state index in [4.69, 9.17) is 4.42 Å². The Labute approximate surface area is 108 Å². The van der Waals surface area contributed by atoms with Crippen LogP contribution in [-0.4, -0.2) is 11.6 Å². The number of hydrazone groups is 1. The molecule has 2 unspecified atom stereocenters. The van der Waals surface area contributed by atoms with Crippen molar-refractivity contribution in [2.45, 2.75) is 25.7 Å². The zero-order valence-corrected chi connectivity index (χ0v) is 10.9. The van der Waals surface area contributed by atoms with E-state index < -0.39 is 0 Å². The van der Waals surface area contributed by atoms with Gasteiger partial charge in [-0.3, -0.25) is 4.79 Å². The van der Waals surface area contributed by atoms with Crippen molar-refractivity contribution in [2.75, 3.05) is 0 Å². The van der Waals surface area contributed by atoms with Crippen molar-refractivity contribution in [3.05, 3.63) is 22.6 Å². The number of amides is 1. The van der Waals surface area contributed by atoms with Crippen LogP contribution < -0.4 is 5.43 Å². The topological polar surface area (TPSA) is 54.6 Å². The molecule has 2 fully saturated rings.